The third-order valence-corrected chi connectivity index (χ3v) is 1.48. The fraction of sp³-hybridized carbons (Fsp3) is 1.00. The molecule has 1 atom stereocenters. The normalized spacial score (nSPS) is 14.7. The molecule has 0 spiro atoms. The lowest BCUT2D eigenvalue weighted by molar-refractivity contribution is -0.131. The van der Waals surface area contributed by atoms with Crippen molar-refractivity contribution in [3.8, 4) is 0 Å². The molecule has 0 fully saturated rings. The highest BCUT2D eigenvalue weighted by atomic mass is 32.2. The van der Waals surface area contributed by atoms with Crippen LogP contribution in [-0.4, -0.2) is 26.6 Å². The highest BCUT2D eigenvalue weighted by molar-refractivity contribution is 7.79. The maximum Gasteiger partial charge on any atom is 0.263 e. The van der Waals surface area contributed by atoms with Gasteiger partial charge in [0.1, 0.15) is 0 Å². The molecule has 0 rings (SSSR count). The summed E-state index contributed by atoms with van der Waals surface area (Å²) in [7, 11) is 0. The summed E-state index contributed by atoms with van der Waals surface area (Å²) in [6, 6.07) is 0. The fourth-order valence-electron chi connectivity index (χ4n) is 0.572. The minimum Gasteiger partial charge on any atom is -0.337 e. The summed E-state index contributed by atoms with van der Waals surface area (Å²) < 4.78 is 29.5. The van der Waals surface area contributed by atoms with Crippen LogP contribution in [0.4, 0.5) is 0 Å². The summed E-state index contributed by atoms with van der Waals surface area (Å²) in [5.41, 5.74) is -1.04. The summed E-state index contributed by atoms with van der Waals surface area (Å²) in [5.74, 6) is 0. The SMILES string of the molecule is CC(C)OC(OC(C)C)S(=O)O. The molecule has 1 N–H and O–H groups in total. The summed E-state index contributed by atoms with van der Waals surface area (Å²) in [6.07, 6.45) is -0.241. The smallest absolute Gasteiger partial charge is 0.263 e. The fourth-order valence-corrected chi connectivity index (χ4v) is 1.21. The van der Waals surface area contributed by atoms with Gasteiger partial charge in [0.2, 0.25) is 11.1 Å². The molecule has 0 aromatic rings. The molecule has 0 aromatic carbocycles. The van der Waals surface area contributed by atoms with Gasteiger partial charge >= 0.3 is 0 Å². The Morgan fingerprint density at radius 1 is 1.08 bits per heavy atom. The first kappa shape index (κ1) is 12.0. The first-order valence-corrected chi connectivity index (χ1v) is 5.01. The van der Waals surface area contributed by atoms with Gasteiger partial charge in [-0.05, 0) is 27.7 Å². The van der Waals surface area contributed by atoms with Crippen LogP contribution in [0, 0.1) is 0 Å². The van der Waals surface area contributed by atoms with Crippen LogP contribution in [0.25, 0.3) is 0 Å². The van der Waals surface area contributed by atoms with Gasteiger partial charge in [-0.1, -0.05) is 0 Å². The average Bonchev–Trinajstić information content (AvgIpc) is 1.83. The first-order valence-electron chi connectivity index (χ1n) is 3.84. The monoisotopic (exact) mass is 196 g/mol. The molecular formula is C7H16O4S. The summed E-state index contributed by atoms with van der Waals surface area (Å²) in [5, 5.41) is 0. The third-order valence-electron chi connectivity index (χ3n) is 0.931. The van der Waals surface area contributed by atoms with Crippen LogP contribution in [0.3, 0.4) is 0 Å². The zero-order valence-corrected chi connectivity index (χ0v) is 8.63. The van der Waals surface area contributed by atoms with E-state index >= 15 is 0 Å². The van der Waals surface area contributed by atoms with E-state index in [-0.39, 0.29) is 12.2 Å². The summed E-state index contributed by atoms with van der Waals surface area (Å²) in [6.45, 7) is 7.13. The van der Waals surface area contributed by atoms with Crippen molar-refractivity contribution in [2.24, 2.45) is 0 Å². The third kappa shape index (κ3) is 5.65. The standard InChI is InChI=1S/C7H16O4S/c1-5(2)10-7(12(8)9)11-6(3)4/h5-7H,1-4H3,(H,8,9). The van der Waals surface area contributed by atoms with Crippen molar-refractivity contribution >= 4 is 11.1 Å². The van der Waals surface area contributed by atoms with E-state index in [2.05, 4.69) is 0 Å². The Morgan fingerprint density at radius 2 is 1.42 bits per heavy atom. The molecule has 0 radical (unpaired) electrons. The Bertz CT molecular complexity index is 136. The van der Waals surface area contributed by atoms with Crippen LogP contribution in [0.5, 0.6) is 0 Å². The molecule has 74 valence electrons. The van der Waals surface area contributed by atoms with Crippen molar-refractivity contribution < 1.29 is 18.2 Å². The van der Waals surface area contributed by atoms with Gasteiger partial charge in [-0.25, -0.2) is 4.21 Å². The van der Waals surface area contributed by atoms with Gasteiger partial charge < -0.3 is 14.0 Å². The number of ether oxygens (including phenoxy) is 2. The van der Waals surface area contributed by atoms with Crippen LogP contribution >= 0.6 is 0 Å². The van der Waals surface area contributed by atoms with Crippen LogP contribution in [-0.2, 0) is 20.6 Å². The van der Waals surface area contributed by atoms with E-state index in [1.165, 1.54) is 0 Å². The van der Waals surface area contributed by atoms with Gasteiger partial charge in [0.15, 0.2) is 0 Å². The second kappa shape index (κ2) is 5.64. The van der Waals surface area contributed by atoms with Gasteiger partial charge in [0.25, 0.3) is 5.62 Å². The van der Waals surface area contributed by atoms with E-state index in [1.807, 2.05) is 0 Å². The maximum atomic E-state index is 10.6. The van der Waals surface area contributed by atoms with Crippen molar-refractivity contribution in [1.82, 2.24) is 0 Å². The van der Waals surface area contributed by atoms with E-state index in [4.69, 9.17) is 14.0 Å². The molecule has 0 bridgehead atoms. The van der Waals surface area contributed by atoms with Gasteiger partial charge in [-0.15, -0.1) is 0 Å². The van der Waals surface area contributed by atoms with E-state index < -0.39 is 16.7 Å². The lowest BCUT2D eigenvalue weighted by Crippen LogP contribution is -2.28. The van der Waals surface area contributed by atoms with Crippen molar-refractivity contribution in [3.63, 3.8) is 0 Å². The zero-order valence-electron chi connectivity index (χ0n) is 7.81. The second-order valence-electron chi connectivity index (χ2n) is 2.93. The van der Waals surface area contributed by atoms with E-state index in [9.17, 15) is 4.21 Å². The molecule has 4 nitrogen and oxygen atoms in total. The van der Waals surface area contributed by atoms with E-state index in [0.29, 0.717) is 0 Å². The van der Waals surface area contributed by atoms with E-state index in [1.54, 1.807) is 27.7 Å². The zero-order chi connectivity index (χ0) is 9.72. The molecule has 5 heteroatoms. The number of rotatable bonds is 5. The lowest BCUT2D eigenvalue weighted by Gasteiger charge is -2.19. The molecule has 0 aromatic heterocycles. The molecule has 0 aliphatic heterocycles. The highest BCUT2D eigenvalue weighted by Gasteiger charge is 2.18. The van der Waals surface area contributed by atoms with Gasteiger partial charge in [0.05, 0.1) is 12.2 Å². The van der Waals surface area contributed by atoms with Crippen molar-refractivity contribution in [3.05, 3.63) is 0 Å². The van der Waals surface area contributed by atoms with Gasteiger partial charge in [-0.3, -0.25) is 0 Å². The van der Waals surface area contributed by atoms with Crippen LogP contribution in [0.15, 0.2) is 0 Å². The maximum absolute atomic E-state index is 10.6. The van der Waals surface area contributed by atoms with Gasteiger partial charge in [0, 0.05) is 0 Å². The Kier molecular flexibility index (Phi) is 5.65. The Hall–Kier alpha value is 0.0300. The Balaban J connectivity index is 3.96. The first-order chi connectivity index (χ1) is 5.43. The Labute approximate surface area is 75.5 Å². The van der Waals surface area contributed by atoms with Crippen LogP contribution in [0.2, 0.25) is 0 Å². The van der Waals surface area contributed by atoms with Gasteiger partial charge in [-0.2, -0.15) is 0 Å². The quantitative estimate of drug-likeness (QED) is 0.532. The topological polar surface area (TPSA) is 55.8 Å². The molecule has 12 heavy (non-hydrogen) atoms. The summed E-state index contributed by atoms with van der Waals surface area (Å²) in [4.78, 5) is 0. The molecule has 1 unspecified atom stereocenters. The molecule has 0 heterocycles. The number of hydrogen-bond donors (Lipinski definition) is 1. The number of hydrogen-bond acceptors (Lipinski definition) is 3. The van der Waals surface area contributed by atoms with E-state index in [0.717, 1.165) is 0 Å². The molecule has 0 aliphatic rings. The highest BCUT2D eigenvalue weighted by Crippen LogP contribution is 2.06. The average molecular weight is 196 g/mol. The van der Waals surface area contributed by atoms with Crippen molar-refractivity contribution in [2.75, 3.05) is 0 Å². The lowest BCUT2D eigenvalue weighted by atomic mass is 10.5. The Morgan fingerprint density at radius 3 is 1.58 bits per heavy atom. The molecule has 0 saturated heterocycles. The summed E-state index contributed by atoms with van der Waals surface area (Å²) >= 11 is -2.09. The molecular weight excluding hydrogens is 180 g/mol. The predicted molar refractivity (Wildman–Crippen MR) is 47.0 cm³/mol. The van der Waals surface area contributed by atoms with Crippen molar-refractivity contribution in [1.29, 1.82) is 0 Å². The minimum atomic E-state index is -2.09. The van der Waals surface area contributed by atoms with Crippen molar-refractivity contribution in [2.45, 2.75) is 45.5 Å². The molecule has 0 amide bonds. The second-order valence-corrected chi connectivity index (χ2v) is 3.87. The molecule has 0 aliphatic carbocycles. The predicted octanol–water partition coefficient (Wildman–Crippen LogP) is 1.34. The largest absolute Gasteiger partial charge is 0.337 e. The van der Waals surface area contributed by atoms with Crippen LogP contribution in [0.1, 0.15) is 27.7 Å². The minimum absolute atomic E-state index is 0.121. The van der Waals surface area contributed by atoms with Crippen LogP contribution < -0.4 is 0 Å². The molecule has 0 saturated carbocycles.